The summed E-state index contributed by atoms with van der Waals surface area (Å²) >= 11 is 0. The lowest BCUT2D eigenvalue weighted by atomic mass is 10.1. The van der Waals surface area contributed by atoms with E-state index >= 15 is 0 Å². The van der Waals surface area contributed by atoms with Crippen LogP contribution in [0.25, 0.3) is 16.6 Å². The fraction of sp³-hybridized carbons (Fsp3) is 0.281. The van der Waals surface area contributed by atoms with Crippen LogP contribution >= 0.6 is 0 Å². The van der Waals surface area contributed by atoms with Crippen molar-refractivity contribution in [2.75, 3.05) is 17.2 Å². The van der Waals surface area contributed by atoms with E-state index in [1.807, 2.05) is 49.4 Å². The molecule has 3 aromatic heterocycles. The number of fused-ring (bicyclic) bond motifs is 2. The van der Waals surface area contributed by atoms with Gasteiger partial charge in [0.1, 0.15) is 30.0 Å². The SMILES string of the molecule is Cc1cc(Nc2ncnc3ccc(NC(=O)C#CCCO[Si](C)(C)C(C)(C)C)cc23)ccc1Oc1ccn2ncnc2c1. The van der Waals surface area contributed by atoms with Gasteiger partial charge in [-0.1, -0.05) is 26.7 Å². The van der Waals surface area contributed by atoms with Gasteiger partial charge >= 0.3 is 0 Å². The van der Waals surface area contributed by atoms with Crippen LogP contribution in [0.15, 0.2) is 67.4 Å². The first-order valence-electron chi connectivity index (χ1n) is 14.0. The second-order valence-corrected chi connectivity index (χ2v) is 16.5. The van der Waals surface area contributed by atoms with Gasteiger partial charge in [0.15, 0.2) is 14.0 Å². The monoisotopic (exact) mass is 593 g/mol. The van der Waals surface area contributed by atoms with Crippen molar-refractivity contribution in [1.29, 1.82) is 0 Å². The summed E-state index contributed by atoms with van der Waals surface area (Å²) in [6, 6.07) is 14.9. The maximum absolute atomic E-state index is 12.5. The number of aromatic nitrogens is 5. The number of anilines is 3. The van der Waals surface area contributed by atoms with Gasteiger partial charge in [-0.25, -0.2) is 19.5 Å². The zero-order chi connectivity index (χ0) is 30.6. The van der Waals surface area contributed by atoms with Crippen LogP contribution in [-0.2, 0) is 9.22 Å². The molecule has 5 rings (SSSR count). The van der Waals surface area contributed by atoms with Gasteiger partial charge < -0.3 is 19.8 Å². The highest BCUT2D eigenvalue weighted by Crippen LogP contribution is 2.36. The van der Waals surface area contributed by atoms with E-state index in [0.717, 1.165) is 27.9 Å². The van der Waals surface area contributed by atoms with Gasteiger partial charge in [-0.3, -0.25) is 4.79 Å². The van der Waals surface area contributed by atoms with Crippen molar-refractivity contribution in [2.24, 2.45) is 0 Å². The lowest BCUT2D eigenvalue weighted by Crippen LogP contribution is -2.40. The van der Waals surface area contributed by atoms with Gasteiger partial charge in [0, 0.05) is 42.1 Å². The summed E-state index contributed by atoms with van der Waals surface area (Å²) in [5.74, 6) is 7.21. The molecule has 0 saturated heterocycles. The number of pyridine rings is 1. The Bertz CT molecular complexity index is 1850. The van der Waals surface area contributed by atoms with Crippen LogP contribution in [0.4, 0.5) is 17.2 Å². The molecule has 0 aliphatic heterocycles. The summed E-state index contributed by atoms with van der Waals surface area (Å²) in [4.78, 5) is 25.5. The van der Waals surface area contributed by atoms with Crippen LogP contribution in [0.1, 0.15) is 32.8 Å². The highest BCUT2D eigenvalue weighted by atomic mass is 28.4. The van der Waals surface area contributed by atoms with E-state index in [-0.39, 0.29) is 10.9 Å². The molecule has 1 amide bonds. The summed E-state index contributed by atoms with van der Waals surface area (Å²) < 4.78 is 13.9. The first-order valence-corrected chi connectivity index (χ1v) is 16.9. The number of benzene rings is 2. The Morgan fingerprint density at radius 1 is 1.00 bits per heavy atom. The summed E-state index contributed by atoms with van der Waals surface area (Å²) in [5.41, 5.74) is 3.82. The largest absolute Gasteiger partial charge is 0.457 e. The van der Waals surface area contributed by atoms with E-state index in [1.54, 1.807) is 16.8 Å². The minimum Gasteiger partial charge on any atom is -0.457 e. The second-order valence-electron chi connectivity index (χ2n) is 11.7. The number of rotatable bonds is 8. The Morgan fingerprint density at radius 3 is 2.60 bits per heavy atom. The van der Waals surface area contributed by atoms with Crippen molar-refractivity contribution < 1.29 is 14.0 Å². The van der Waals surface area contributed by atoms with Crippen LogP contribution in [0.2, 0.25) is 18.1 Å². The Labute approximate surface area is 252 Å². The minimum atomic E-state index is -1.83. The number of carbonyl (C=O) groups is 1. The smallest absolute Gasteiger partial charge is 0.300 e. The topological polar surface area (TPSA) is 116 Å². The van der Waals surface area contributed by atoms with E-state index in [4.69, 9.17) is 9.16 Å². The highest BCUT2D eigenvalue weighted by molar-refractivity contribution is 6.74. The van der Waals surface area contributed by atoms with Gasteiger partial charge in [-0.15, -0.1) is 0 Å². The molecule has 0 fully saturated rings. The molecule has 43 heavy (non-hydrogen) atoms. The summed E-state index contributed by atoms with van der Waals surface area (Å²) in [7, 11) is -1.83. The van der Waals surface area contributed by atoms with Crippen molar-refractivity contribution in [3.05, 3.63) is 72.9 Å². The third kappa shape index (κ3) is 7.17. The number of aryl methyl sites for hydroxylation is 1. The Kier molecular flexibility index (Phi) is 8.43. The first-order chi connectivity index (χ1) is 20.5. The van der Waals surface area contributed by atoms with E-state index in [9.17, 15) is 4.79 Å². The first kappa shape index (κ1) is 29.7. The molecule has 11 heteroatoms. The third-order valence-electron chi connectivity index (χ3n) is 7.51. The molecule has 10 nitrogen and oxygen atoms in total. The number of nitrogens with zero attached hydrogens (tertiary/aromatic N) is 5. The molecular formula is C32H35N7O3Si. The molecule has 0 aliphatic carbocycles. The van der Waals surface area contributed by atoms with Crippen LogP contribution in [0, 0.1) is 18.8 Å². The van der Waals surface area contributed by atoms with Crippen molar-refractivity contribution in [3.63, 3.8) is 0 Å². The molecule has 2 N–H and O–H groups in total. The van der Waals surface area contributed by atoms with Crippen LogP contribution in [0.3, 0.4) is 0 Å². The van der Waals surface area contributed by atoms with Crippen molar-refractivity contribution in [2.45, 2.75) is 52.2 Å². The number of hydrogen-bond donors (Lipinski definition) is 2. The normalized spacial score (nSPS) is 11.7. The molecule has 2 aromatic carbocycles. The Morgan fingerprint density at radius 2 is 1.81 bits per heavy atom. The number of nitrogens with one attached hydrogen (secondary N) is 2. The van der Waals surface area contributed by atoms with E-state index in [0.29, 0.717) is 35.9 Å². The lowest BCUT2D eigenvalue weighted by molar-refractivity contribution is -0.111. The zero-order valence-corrected chi connectivity index (χ0v) is 26.2. The number of amides is 1. The predicted octanol–water partition coefficient (Wildman–Crippen LogP) is 6.87. The molecule has 3 heterocycles. The minimum absolute atomic E-state index is 0.136. The van der Waals surface area contributed by atoms with Gasteiger partial charge in [-0.2, -0.15) is 5.10 Å². The number of carbonyl (C=O) groups excluding carboxylic acids is 1. The molecule has 0 spiro atoms. The third-order valence-corrected chi connectivity index (χ3v) is 12.0. The molecule has 0 aliphatic rings. The molecule has 5 aromatic rings. The molecule has 0 saturated carbocycles. The standard InChI is InChI=1S/C32H35N7O3Si/c1-22-17-23(11-13-28(22)42-25-14-15-39-29(19-25)34-21-36-39)38-31-26-18-24(10-12-27(26)33-20-35-31)37-30(40)9-7-8-16-41-43(5,6)32(2,3)4/h10-15,17-21H,8,16H2,1-6H3,(H,37,40)(H,33,35,38). The number of ether oxygens (including phenoxy) is 1. The molecule has 0 radical (unpaired) electrons. The average molecular weight is 594 g/mol. The van der Waals surface area contributed by atoms with Crippen molar-refractivity contribution >= 4 is 48.0 Å². The summed E-state index contributed by atoms with van der Waals surface area (Å²) in [6.45, 7) is 13.5. The molecule has 220 valence electrons. The second kappa shape index (κ2) is 12.2. The van der Waals surface area contributed by atoms with Crippen LogP contribution in [-0.4, -0.2) is 45.4 Å². The van der Waals surface area contributed by atoms with E-state index in [2.05, 4.69) is 76.4 Å². The summed E-state index contributed by atoms with van der Waals surface area (Å²) in [5, 5.41) is 11.2. The predicted molar refractivity (Wildman–Crippen MR) is 171 cm³/mol. The molecule has 0 unspecified atom stereocenters. The number of hydrogen-bond acceptors (Lipinski definition) is 8. The van der Waals surface area contributed by atoms with Gasteiger partial charge in [0.05, 0.1) is 5.52 Å². The molecular weight excluding hydrogens is 558 g/mol. The molecule has 0 bridgehead atoms. The lowest BCUT2D eigenvalue weighted by Gasteiger charge is -2.35. The Balaban J connectivity index is 1.24. The molecule has 0 atom stereocenters. The van der Waals surface area contributed by atoms with E-state index in [1.165, 1.54) is 12.7 Å². The summed E-state index contributed by atoms with van der Waals surface area (Å²) in [6.07, 6.45) is 5.31. The fourth-order valence-corrected chi connectivity index (χ4v) is 5.12. The Hall–Kier alpha value is -4.79. The quantitative estimate of drug-likeness (QED) is 0.114. The zero-order valence-electron chi connectivity index (χ0n) is 25.2. The van der Waals surface area contributed by atoms with Crippen molar-refractivity contribution in [1.82, 2.24) is 24.6 Å². The maximum atomic E-state index is 12.5. The average Bonchev–Trinajstić information content (AvgIpc) is 3.42. The maximum Gasteiger partial charge on any atom is 0.300 e. The van der Waals surface area contributed by atoms with Crippen LogP contribution < -0.4 is 15.4 Å². The fourth-order valence-electron chi connectivity index (χ4n) is 4.08. The van der Waals surface area contributed by atoms with Crippen molar-refractivity contribution in [3.8, 4) is 23.3 Å². The highest BCUT2D eigenvalue weighted by Gasteiger charge is 2.36. The van der Waals surface area contributed by atoms with Gasteiger partial charge in [0.25, 0.3) is 5.91 Å². The van der Waals surface area contributed by atoms with E-state index < -0.39 is 8.32 Å². The van der Waals surface area contributed by atoms with Crippen LogP contribution in [0.5, 0.6) is 11.5 Å². The van der Waals surface area contributed by atoms with Gasteiger partial charge in [-0.05, 0) is 79.0 Å². The van der Waals surface area contributed by atoms with Gasteiger partial charge in [0.2, 0.25) is 0 Å².